The molecule has 2 aliphatic rings. The topological polar surface area (TPSA) is 71.1 Å². The summed E-state index contributed by atoms with van der Waals surface area (Å²) in [4.78, 5) is 28.7. The first kappa shape index (κ1) is 25.0. The zero-order valence-electron chi connectivity index (χ0n) is 18.4. The highest BCUT2D eigenvalue weighted by molar-refractivity contribution is 6.42. The van der Waals surface area contributed by atoms with Gasteiger partial charge in [0, 0.05) is 58.4 Å². The fourth-order valence-corrected chi connectivity index (χ4v) is 4.25. The smallest absolute Gasteiger partial charge is 0.246 e. The molecule has 0 aromatic heterocycles. The van der Waals surface area contributed by atoms with Crippen LogP contribution in [0.1, 0.15) is 24.8 Å². The highest BCUT2D eigenvalue weighted by atomic mass is 35.5. The minimum atomic E-state index is -0.113. The second-order valence-electron chi connectivity index (χ2n) is 8.01. The minimum absolute atomic E-state index is 0.0695. The number of amides is 2. The normalized spacial score (nSPS) is 22.4. The van der Waals surface area contributed by atoms with Crippen molar-refractivity contribution in [2.45, 2.75) is 31.4 Å². The Kier molecular flexibility index (Phi) is 9.81. The molecule has 2 fully saturated rings. The first-order chi connectivity index (χ1) is 15.5. The van der Waals surface area contributed by atoms with Crippen molar-refractivity contribution in [3.8, 4) is 0 Å². The Morgan fingerprint density at radius 2 is 2.12 bits per heavy atom. The molecular weight excluding hydrogens is 453 g/mol. The lowest BCUT2D eigenvalue weighted by atomic mass is 10.1. The van der Waals surface area contributed by atoms with Gasteiger partial charge in [-0.3, -0.25) is 9.59 Å². The van der Waals surface area contributed by atoms with Gasteiger partial charge in [0.2, 0.25) is 11.8 Å². The Hall–Kier alpha value is -1.64. The summed E-state index contributed by atoms with van der Waals surface area (Å²) in [6.07, 6.45) is 5.41. The molecule has 32 heavy (non-hydrogen) atoms. The first-order valence-electron chi connectivity index (χ1n) is 11.0. The highest BCUT2D eigenvalue weighted by Crippen LogP contribution is 2.23. The Bertz CT molecular complexity index is 820. The summed E-state index contributed by atoms with van der Waals surface area (Å²) in [6, 6.07) is 5.49. The van der Waals surface area contributed by atoms with Crippen molar-refractivity contribution in [3.63, 3.8) is 0 Å². The van der Waals surface area contributed by atoms with Gasteiger partial charge in [-0.25, -0.2) is 0 Å². The lowest BCUT2D eigenvalue weighted by Crippen LogP contribution is -2.48. The molecule has 0 aliphatic carbocycles. The predicted molar refractivity (Wildman–Crippen MR) is 126 cm³/mol. The molecule has 0 spiro atoms. The van der Waals surface area contributed by atoms with Gasteiger partial charge in [-0.2, -0.15) is 0 Å². The van der Waals surface area contributed by atoms with Gasteiger partial charge in [0.15, 0.2) is 0 Å². The van der Waals surface area contributed by atoms with E-state index < -0.39 is 0 Å². The number of carbonyl (C=O) groups is 2. The maximum atomic E-state index is 12.6. The van der Waals surface area contributed by atoms with Crippen LogP contribution in [0.25, 0.3) is 6.08 Å². The molecule has 2 heterocycles. The summed E-state index contributed by atoms with van der Waals surface area (Å²) in [5.41, 5.74) is 0.799. The van der Waals surface area contributed by atoms with Gasteiger partial charge in [0.1, 0.15) is 0 Å². The van der Waals surface area contributed by atoms with Crippen LogP contribution in [0, 0.1) is 0 Å². The van der Waals surface area contributed by atoms with E-state index in [-0.39, 0.29) is 24.0 Å². The molecular formula is C23H31Cl2N3O4. The third kappa shape index (κ3) is 7.18. The van der Waals surface area contributed by atoms with Gasteiger partial charge in [-0.15, -0.1) is 0 Å². The molecule has 176 valence electrons. The SMILES string of the molecule is CO[C@H]1COCC[C@H]1NCCCN1CCN(C(=O)/C=C/c2ccc(Cl)c(Cl)c2)CCC1=O. The summed E-state index contributed by atoms with van der Waals surface area (Å²) in [5.74, 6) is -0.0212. The van der Waals surface area contributed by atoms with Crippen LogP contribution < -0.4 is 5.32 Å². The van der Waals surface area contributed by atoms with Crippen molar-refractivity contribution in [1.29, 1.82) is 0 Å². The quantitative estimate of drug-likeness (QED) is 0.454. The number of nitrogens with zero attached hydrogens (tertiary/aromatic N) is 2. The van der Waals surface area contributed by atoms with Crippen LogP contribution in [0.5, 0.6) is 0 Å². The van der Waals surface area contributed by atoms with Crippen LogP contribution >= 0.6 is 23.2 Å². The van der Waals surface area contributed by atoms with Gasteiger partial charge in [-0.1, -0.05) is 29.3 Å². The Morgan fingerprint density at radius 1 is 1.28 bits per heavy atom. The van der Waals surface area contributed by atoms with Crippen molar-refractivity contribution >= 4 is 41.1 Å². The summed E-state index contributed by atoms with van der Waals surface area (Å²) in [5, 5.41) is 4.45. The number of methoxy groups -OCH3 is 1. The summed E-state index contributed by atoms with van der Waals surface area (Å²) in [7, 11) is 1.71. The molecule has 7 nitrogen and oxygen atoms in total. The average Bonchev–Trinajstić information content (AvgIpc) is 2.99. The molecule has 2 aliphatic heterocycles. The number of benzene rings is 1. The van der Waals surface area contributed by atoms with Crippen LogP contribution in [0.15, 0.2) is 24.3 Å². The largest absolute Gasteiger partial charge is 0.379 e. The molecule has 1 aromatic rings. The van der Waals surface area contributed by atoms with Crippen LogP contribution in [-0.2, 0) is 19.1 Å². The number of rotatable bonds is 8. The number of carbonyl (C=O) groups excluding carboxylic acids is 2. The van der Waals surface area contributed by atoms with Crippen molar-refractivity contribution in [2.24, 2.45) is 0 Å². The summed E-state index contributed by atoms with van der Waals surface area (Å²) in [6.45, 7) is 4.33. The molecule has 0 radical (unpaired) electrons. The van der Waals surface area contributed by atoms with Crippen molar-refractivity contribution in [1.82, 2.24) is 15.1 Å². The summed E-state index contributed by atoms with van der Waals surface area (Å²) >= 11 is 11.9. The number of hydrogen-bond acceptors (Lipinski definition) is 5. The van der Waals surface area contributed by atoms with Crippen LogP contribution in [0.3, 0.4) is 0 Å². The van der Waals surface area contributed by atoms with E-state index in [1.165, 1.54) is 6.08 Å². The zero-order valence-corrected chi connectivity index (χ0v) is 19.9. The van der Waals surface area contributed by atoms with Crippen molar-refractivity contribution in [2.75, 3.05) is 53.0 Å². The van der Waals surface area contributed by atoms with Crippen molar-refractivity contribution in [3.05, 3.63) is 39.9 Å². The number of halogens is 2. The molecule has 1 aromatic carbocycles. The Labute approximate surface area is 199 Å². The van der Waals surface area contributed by atoms with Gasteiger partial charge in [0.05, 0.1) is 22.8 Å². The third-order valence-corrected chi connectivity index (χ3v) is 6.62. The van der Waals surface area contributed by atoms with Crippen LogP contribution in [-0.4, -0.2) is 86.8 Å². The molecule has 3 rings (SSSR count). The van der Waals surface area contributed by atoms with Gasteiger partial charge < -0.3 is 24.6 Å². The standard InChI is InChI=1S/C23H31Cl2N3O4/c1-31-21-16-32-14-8-20(21)26-9-2-10-27-12-13-28(11-7-23(27)30)22(29)6-4-17-3-5-18(24)19(25)15-17/h3-6,15,20-21,26H,2,7-14,16H2,1H3/b6-4+/t20-,21+/m1/s1. The van der Waals surface area contributed by atoms with E-state index >= 15 is 0 Å². The van der Waals surface area contributed by atoms with E-state index in [1.54, 1.807) is 36.3 Å². The van der Waals surface area contributed by atoms with Crippen molar-refractivity contribution < 1.29 is 19.1 Å². The first-order valence-corrected chi connectivity index (χ1v) is 11.8. The fraction of sp³-hybridized carbons (Fsp3) is 0.565. The Morgan fingerprint density at radius 3 is 2.91 bits per heavy atom. The van der Waals surface area contributed by atoms with E-state index in [9.17, 15) is 9.59 Å². The summed E-state index contributed by atoms with van der Waals surface area (Å²) < 4.78 is 10.9. The number of ether oxygens (including phenoxy) is 2. The maximum absolute atomic E-state index is 12.6. The fourth-order valence-electron chi connectivity index (χ4n) is 3.95. The van der Waals surface area contributed by atoms with E-state index in [4.69, 9.17) is 32.7 Å². The lowest BCUT2D eigenvalue weighted by molar-refractivity contribution is -0.130. The van der Waals surface area contributed by atoms with E-state index in [0.29, 0.717) is 49.3 Å². The molecule has 0 bridgehead atoms. The third-order valence-electron chi connectivity index (χ3n) is 5.88. The molecule has 2 saturated heterocycles. The second kappa shape index (κ2) is 12.6. The van der Waals surface area contributed by atoms with E-state index in [0.717, 1.165) is 31.6 Å². The van der Waals surface area contributed by atoms with Crippen LogP contribution in [0.4, 0.5) is 0 Å². The molecule has 1 N–H and O–H groups in total. The van der Waals surface area contributed by atoms with E-state index in [2.05, 4.69) is 5.32 Å². The molecule has 0 saturated carbocycles. The minimum Gasteiger partial charge on any atom is -0.379 e. The zero-order chi connectivity index (χ0) is 22.9. The highest BCUT2D eigenvalue weighted by Gasteiger charge is 2.25. The van der Waals surface area contributed by atoms with Crippen LogP contribution in [0.2, 0.25) is 10.0 Å². The van der Waals surface area contributed by atoms with E-state index in [1.807, 2.05) is 4.90 Å². The second-order valence-corrected chi connectivity index (χ2v) is 8.83. The van der Waals surface area contributed by atoms with Gasteiger partial charge >= 0.3 is 0 Å². The maximum Gasteiger partial charge on any atom is 0.246 e. The number of nitrogens with one attached hydrogen (secondary N) is 1. The number of hydrogen-bond donors (Lipinski definition) is 1. The Balaban J connectivity index is 1.43. The van der Waals surface area contributed by atoms with Gasteiger partial charge in [0.25, 0.3) is 0 Å². The molecule has 2 amide bonds. The monoisotopic (exact) mass is 483 g/mol. The molecule has 9 heteroatoms. The molecule has 0 unspecified atom stereocenters. The lowest BCUT2D eigenvalue weighted by Gasteiger charge is -2.31. The average molecular weight is 484 g/mol. The molecule has 2 atom stereocenters. The van der Waals surface area contributed by atoms with Gasteiger partial charge in [-0.05, 0) is 43.2 Å². The predicted octanol–water partition coefficient (Wildman–Crippen LogP) is 2.85.